The zero-order valence-corrected chi connectivity index (χ0v) is 18.0. The second-order valence-corrected chi connectivity index (χ2v) is 9.14. The number of nitrogens with zero attached hydrogens (tertiary/aromatic N) is 4. The summed E-state index contributed by atoms with van der Waals surface area (Å²) >= 11 is 0. The maximum atomic E-state index is 12.5. The summed E-state index contributed by atoms with van der Waals surface area (Å²) in [6.07, 6.45) is 10.8. The van der Waals surface area contributed by atoms with E-state index in [2.05, 4.69) is 10.00 Å². The second kappa shape index (κ2) is 9.01. The number of aliphatic hydroxyl groups is 1. The fraction of sp³-hybridized carbons (Fsp3) is 0.583. The van der Waals surface area contributed by atoms with Gasteiger partial charge in [-0.25, -0.2) is 4.68 Å². The predicted octanol–water partition coefficient (Wildman–Crippen LogP) is 2.86. The highest BCUT2D eigenvalue weighted by atomic mass is 16.5. The quantitative estimate of drug-likeness (QED) is 0.799. The number of carbonyl (C=O) groups excluding carboxylic acids is 1. The Bertz CT molecular complexity index is 882. The number of carbonyl (C=O) groups is 1. The number of amides is 1. The topological polar surface area (TPSA) is 70.8 Å². The molecule has 2 saturated heterocycles. The molecule has 2 aliphatic heterocycles. The summed E-state index contributed by atoms with van der Waals surface area (Å²) in [5.41, 5.74) is 1.56. The SMILES string of the molecule is O=C(c1cnn(-c2ccc(OC3CCN(C4CCC(O)C4)CC3)cc2)c1)N1CCCC1. The minimum absolute atomic E-state index is 0.0714. The van der Waals surface area contributed by atoms with Gasteiger partial charge in [0, 0.05) is 38.4 Å². The van der Waals surface area contributed by atoms with Crippen LogP contribution in [0.2, 0.25) is 0 Å². The van der Waals surface area contributed by atoms with Crippen molar-refractivity contribution < 1.29 is 14.6 Å². The number of aromatic nitrogens is 2. The maximum Gasteiger partial charge on any atom is 0.257 e. The van der Waals surface area contributed by atoms with E-state index in [9.17, 15) is 9.90 Å². The summed E-state index contributed by atoms with van der Waals surface area (Å²) < 4.78 is 7.97. The lowest BCUT2D eigenvalue weighted by Crippen LogP contribution is -2.43. The van der Waals surface area contributed by atoms with Crippen molar-refractivity contribution in [3.63, 3.8) is 0 Å². The first-order valence-corrected chi connectivity index (χ1v) is 11.7. The van der Waals surface area contributed by atoms with Gasteiger partial charge >= 0.3 is 0 Å². The molecule has 2 atom stereocenters. The average Bonchev–Trinajstić information content (AvgIpc) is 3.56. The van der Waals surface area contributed by atoms with Gasteiger partial charge in [0.1, 0.15) is 11.9 Å². The molecule has 1 aromatic heterocycles. The van der Waals surface area contributed by atoms with Crippen molar-refractivity contribution >= 4 is 5.91 Å². The fourth-order valence-electron chi connectivity index (χ4n) is 5.17. The zero-order chi connectivity index (χ0) is 21.2. The normalized spacial score (nSPS) is 25.3. The van der Waals surface area contributed by atoms with Crippen molar-refractivity contribution in [1.29, 1.82) is 0 Å². The van der Waals surface area contributed by atoms with Crippen LogP contribution in [0.15, 0.2) is 36.7 Å². The van der Waals surface area contributed by atoms with Crippen molar-refractivity contribution in [3.05, 3.63) is 42.2 Å². The minimum atomic E-state index is -0.110. The number of ether oxygens (including phenoxy) is 1. The van der Waals surface area contributed by atoms with Crippen LogP contribution in [0, 0.1) is 0 Å². The van der Waals surface area contributed by atoms with E-state index in [-0.39, 0.29) is 18.1 Å². The van der Waals surface area contributed by atoms with Crippen molar-refractivity contribution in [2.24, 2.45) is 0 Å². The monoisotopic (exact) mass is 424 g/mol. The molecule has 0 bridgehead atoms. The molecule has 1 aliphatic carbocycles. The van der Waals surface area contributed by atoms with Crippen LogP contribution >= 0.6 is 0 Å². The summed E-state index contributed by atoms with van der Waals surface area (Å²) in [5, 5.41) is 14.2. The fourth-order valence-corrected chi connectivity index (χ4v) is 5.17. The van der Waals surface area contributed by atoms with Gasteiger partial charge in [0.05, 0.1) is 23.6 Å². The van der Waals surface area contributed by atoms with Crippen LogP contribution in [0.25, 0.3) is 5.69 Å². The Balaban J connectivity index is 1.14. The van der Waals surface area contributed by atoms with Crippen molar-refractivity contribution in [3.8, 4) is 11.4 Å². The molecule has 166 valence electrons. The Morgan fingerprint density at radius 1 is 1.00 bits per heavy atom. The van der Waals surface area contributed by atoms with E-state index in [4.69, 9.17) is 4.74 Å². The number of aliphatic hydroxyl groups excluding tert-OH is 1. The standard InChI is InChI=1S/C24H32N4O3/c29-21-6-3-20(15-21)26-13-9-23(10-14-26)31-22-7-4-19(5-8-22)28-17-18(16-25-28)24(30)27-11-1-2-12-27/h4-5,7-8,16-17,20-21,23,29H,1-3,6,9-15H2. The third-order valence-corrected chi connectivity index (χ3v) is 7.00. The highest BCUT2D eigenvalue weighted by Gasteiger charge is 2.31. The molecule has 7 nitrogen and oxygen atoms in total. The summed E-state index contributed by atoms with van der Waals surface area (Å²) in [6, 6.07) is 8.49. The Morgan fingerprint density at radius 2 is 1.74 bits per heavy atom. The van der Waals surface area contributed by atoms with Gasteiger partial charge in [-0.3, -0.25) is 4.79 Å². The Morgan fingerprint density at radius 3 is 2.42 bits per heavy atom. The molecule has 7 heteroatoms. The first-order chi connectivity index (χ1) is 15.2. The minimum Gasteiger partial charge on any atom is -0.490 e. The van der Waals surface area contributed by atoms with Crippen LogP contribution < -0.4 is 4.74 Å². The van der Waals surface area contributed by atoms with Crippen LogP contribution in [0.4, 0.5) is 0 Å². The van der Waals surface area contributed by atoms with Gasteiger partial charge in [-0.1, -0.05) is 0 Å². The third-order valence-electron chi connectivity index (χ3n) is 7.00. The molecule has 0 radical (unpaired) electrons. The molecular formula is C24H32N4O3. The summed E-state index contributed by atoms with van der Waals surface area (Å²) in [5.74, 6) is 0.946. The lowest BCUT2D eigenvalue weighted by molar-refractivity contribution is 0.0713. The maximum absolute atomic E-state index is 12.5. The molecule has 3 aliphatic rings. The van der Waals surface area contributed by atoms with Crippen molar-refractivity contribution in [1.82, 2.24) is 19.6 Å². The lowest BCUT2D eigenvalue weighted by atomic mass is 10.0. The molecule has 31 heavy (non-hydrogen) atoms. The summed E-state index contributed by atoms with van der Waals surface area (Å²) in [6.45, 7) is 3.78. The molecule has 5 rings (SSSR count). The van der Waals surface area contributed by atoms with Gasteiger partial charge in [-0.15, -0.1) is 0 Å². The number of hydrogen-bond donors (Lipinski definition) is 1. The van der Waals surface area contributed by atoms with Crippen molar-refractivity contribution in [2.75, 3.05) is 26.2 Å². The number of rotatable bonds is 5. The van der Waals surface area contributed by atoms with E-state index in [0.717, 1.165) is 82.6 Å². The predicted molar refractivity (Wildman–Crippen MR) is 118 cm³/mol. The smallest absolute Gasteiger partial charge is 0.257 e. The molecule has 2 unspecified atom stereocenters. The van der Waals surface area contributed by atoms with Gasteiger partial charge in [0.15, 0.2) is 0 Å². The van der Waals surface area contributed by atoms with Gasteiger partial charge in [-0.05, 0) is 69.2 Å². The van der Waals surface area contributed by atoms with Crippen LogP contribution in [0.1, 0.15) is 55.3 Å². The highest BCUT2D eigenvalue weighted by molar-refractivity contribution is 5.94. The highest BCUT2D eigenvalue weighted by Crippen LogP contribution is 2.28. The Hall–Kier alpha value is -2.38. The van der Waals surface area contributed by atoms with Gasteiger partial charge in [0.2, 0.25) is 0 Å². The zero-order valence-electron chi connectivity index (χ0n) is 18.0. The Kier molecular flexibility index (Phi) is 5.96. The summed E-state index contributed by atoms with van der Waals surface area (Å²) in [4.78, 5) is 17.0. The van der Waals surface area contributed by atoms with Crippen LogP contribution in [-0.2, 0) is 0 Å². The first kappa shape index (κ1) is 20.5. The largest absolute Gasteiger partial charge is 0.490 e. The lowest BCUT2D eigenvalue weighted by Gasteiger charge is -2.36. The second-order valence-electron chi connectivity index (χ2n) is 9.14. The molecule has 2 aromatic rings. The van der Waals surface area contributed by atoms with Gasteiger partial charge in [0.25, 0.3) is 5.91 Å². The number of benzene rings is 1. The molecule has 1 amide bonds. The Labute approximate surface area is 183 Å². The number of likely N-dealkylation sites (tertiary alicyclic amines) is 2. The van der Waals surface area contributed by atoms with E-state index >= 15 is 0 Å². The van der Waals surface area contributed by atoms with E-state index in [1.165, 1.54) is 0 Å². The third kappa shape index (κ3) is 4.62. The molecule has 1 saturated carbocycles. The van der Waals surface area contributed by atoms with E-state index in [0.29, 0.717) is 11.6 Å². The molecule has 3 heterocycles. The molecular weight excluding hydrogens is 392 g/mol. The van der Waals surface area contributed by atoms with E-state index in [1.54, 1.807) is 10.9 Å². The molecule has 1 aromatic carbocycles. The van der Waals surface area contributed by atoms with Gasteiger partial charge in [-0.2, -0.15) is 5.10 Å². The average molecular weight is 425 g/mol. The van der Waals surface area contributed by atoms with Crippen LogP contribution in [0.3, 0.4) is 0 Å². The van der Waals surface area contributed by atoms with Crippen LogP contribution in [-0.4, -0.2) is 75.0 Å². The van der Waals surface area contributed by atoms with Crippen LogP contribution in [0.5, 0.6) is 5.75 Å². The van der Waals surface area contributed by atoms with Gasteiger partial charge < -0.3 is 19.6 Å². The number of hydrogen-bond acceptors (Lipinski definition) is 5. The summed E-state index contributed by atoms with van der Waals surface area (Å²) in [7, 11) is 0. The van der Waals surface area contributed by atoms with E-state index < -0.39 is 0 Å². The van der Waals surface area contributed by atoms with E-state index in [1.807, 2.05) is 35.4 Å². The molecule has 3 fully saturated rings. The number of piperidine rings is 1. The van der Waals surface area contributed by atoms with Crippen molar-refractivity contribution in [2.45, 2.75) is 63.2 Å². The first-order valence-electron chi connectivity index (χ1n) is 11.7. The molecule has 1 N–H and O–H groups in total. The molecule has 0 spiro atoms.